The molecule has 0 spiro atoms. The molecule has 0 atom stereocenters. The molecule has 100 valence electrons. The summed E-state index contributed by atoms with van der Waals surface area (Å²) in [5.74, 6) is 0.104. The fourth-order valence-corrected chi connectivity index (χ4v) is 2.83. The first-order valence-electron chi connectivity index (χ1n) is 6.34. The van der Waals surface area contributed by atoms with Crippen molar-refractivity contribution >= 4 is 22.8 Å². The number of rotatable bonds is 5. The van der Waals surface area contributed by atoms with E-state index in [1.807, 2.05) is 6.92 Å². The van der Waals surface area contributed by atoms with E-state index in [9.17, 15) is 4.79 Å². The number of aryl methyl sites for hydroxylation is 2. The standard InChI is InChI=1S/C15H18N2OS/c1-10-4-6-13(7-5-10)16-9-8-14-17-11(2)15(19-14)12(3)18/h4-7,16H,8-9H2,1-3H3. The molecule has 4 heteroatoms. The Hall–Kier alpha value is -1.68. The van der Waals surface area contributed by atoms with E-state index in [1.165, 1.54) is 16.9 Å². The van der Waals surface area contributed by atoms with E-state index in [0.29, 0.717) is 0 Å². The molecule has 0 saturated carbocycles. The Balaban J connectivity index is 1.90. The van der Waals surface area contributed by atoms with Gasteiger partial charge >= 0.3 is 0 Å². The topological polar surface area (TPSA) is 42.0 Å². The second-order valence-electron chi connectivity index (χ2n) is 4.62. The van der Waals surface area contributed by atoms with Crippen LogP contribution in [0, 0.1) is 13.8 Å². The molecule has 3 nitrogen and oxygen atoms in total. The summed E-state index contributed by atoms with van der Waals surface area (Å²) >= 11 is 1.50. The van der Waals surface area contributed by atoms with Gasteiger partial charge in [0.15, 0.2) is 5.78 Å². The Kier molecular flexibility index (Phi) is 4.32. The molecule has 0 aliphatic heterocycles. The van der Waals surface area contributed by atoms with Crippen LogP contribution in [0.4, 0.5) is 5.69 Å². The van der Waals surface area contributed by atoms with Gasteiger partial charge < -0.3 is 5.32 Å². The number of Topliss-reactive ketones (excluding diaryl/α,β-unsaturated/α-hetero) is 1. The van der Waals surface area contributed by atoms with Gasteiger partial charge in [-0.15, -0.1) is 11.3 Å². The van der Waals surface area contributed by atoms with Gasteiger partial charge in [-0.1, -0.05) is 17.7 Å². The van der Waals surface area contributed by atoms with Gasteiger partial charge in [-0.25, -0.2) is 4.98 Å². The highest BCUT2D eigenvalue weighted by Crippen LogP contribution is 2.19. The first kappa shape index (κ1) is 13.7. The number of thiazole rings is 1. The number of carbonyl (C=O) groups is 1. The van der Waals surface area contributed by atoms with Crippen LogP contribution in [-0.2, 0) is 6.42 Å². The van der Waals surface area contributed by atoms with Crippen LogP contribution in [0.15, 0.2) is 24.3 Å². The Labute approximate surface area is 117 Å². The number of benzene rings is 1. The molecule has 0 saturated heterocycles. The van der Waals surface area contributed by atoms with Crippen molar-refractivity contribution < 1.29 is 4.79 Å². The monoisotopic (exact) mass is 274 g/mol. The summed E-state index contributed by atoms with van der Waals surface area (Å²) in [6.07, 6.45) is 0.840. The third kappa shape index (κ3) is 3.64. The van der Waals surface area contributed by atoms with Crippen LogP contribution in [0.25, 0.3) is 0 Å². The molecule has 1 aromatic heterocycles. The van der Waals surface area contributed by atoms with Crippen LogP contribution < -0.4 is 5.32 Å². The van der Waals surface area contributed by atoms with Gasteiger partial charge in [0.25, 0.3) is 0 Å². The molecule has 0 bridgehead atoms. The molecule has 0 radical (unpaired) electrons. The number of hydrogen-bond donors (Lipinski definition) is 1. The number of nitrogens with one attached hydrogen (secondary N) is 1. The fourth-order valence-electron chi connectivity index (χ4n) is 1.87. The first-order valence-corrected chi connectivity index (χ1v) is 7.15. The molecule has 19 heavy (non-hydrogen) atoms. The molecule has 0 unspecified atom stereocenters. The van der Waals surface area contributed by atoms with Gasteiger partial charge in [0, 0.05) is 25.6 Å². The molecule has 0 amide bonds. The van der Waals surface area contributed by atoms with Crippen molar-refractivity contribution in [1.29, 1.82) is 0 Å². The van der Waals surface area contributed by atoms with Gasteiger partial charge in [-0.3, -0.25) is 4.79 Å². The van der Waals surface area contributed by atoms with Gasteiger partial charge in [0.2, 0.25) is 0 Å². The lowest BCUT2D eigenvalue weighted by molar-refractivity contribution is 0.102. The molecular weight excluding hydrogens is 256 g/mol. The molecule has 2 aromatic rings. The average molecular weight is 274 g/mol. The maximum Gasteiger partial charge on any atom is 0.171 e. The maximum atomic E-state index is 11.4. The van der Waals surface area contributed by atoms with Crippen LogP contribution in [0.5, 0.6) is 0 Å². The maximum absolute atomic E-state index is 11.4. The Morgan fingerprint density at radius 3 is 2.53 bits per heavy atom. The predicted molar refractivity (Wildman–Crippen MR) is 80.2 cm³/mol. The third-order valence-corrected chi connectivity index (χ3v) is 4.20. The van der Waals surface area contributed by atoms with E-state index in [2.05, 4.69) is 41.5 Å². The number of nitrogens with zero attached hydrogens (tertiary/aromatic N) is 1. The van der Waals surface area contributed by atoms with E-state index in [-0.39, 0.29) is 5.78 Å². The summed E-state index contributed by atoms with van der Waals surface area (Å²) in [4.78, 5) is 16.6. The number of aromatic nitrogens is 1. The van der Waals surface area contributed by atoms with Crippen molar-refractivity contribution in [1.82, 2.24) is 4.98 Å². The summed E-state index contributed by atoms with van der Waals surface area (Å²) in [6.45, 7) is 6.39. The van der Waals surface area contributed by atoms with E-state index in [1.54, 1.807) is 6.92 Å². The lowest BCUT2D eigenvalue weighted by Gasteiger charge is -2.04. The van der Waals surface area contributed by atoms with Crippen molar-refractivity contribution in [3.8, 4) is 0 Å². The molecule has 0 aliphatic carbocycles. The minimum Gasteiger partial charge on any atom is -0.385 e. The zero-order chi connectivity index (χ0) is 13.8. The lowest BCUT2D eigenvalue weighted by atomic mass is 10.2. The minimum absolute atomic E-state index is 0.104. The summed E-state index contributed by atoms with van der Waals surface area (Å²) in [5, 5.41) is 4.38. The first-order chi connectivity index (χ1) is 9.06. The molecule has 0 aliphatic rings. The minimum atomic E-state index is 0.104. The van der Waals surface area contributed by atoms with E-state index < -0.39 is 0 Å². The zero-order valence-corrected chi connectivity index (χ0v) is 12.3. The molecule has 1 N–H and O–H groups in total. The second kappa shape index (κ2) is 5.97. The normalized spacial score (nSPS) is 10.5. The summed E-state index contributed by atoms with van der Waals surface area (Å²) in [5.41, 5.74) is 3.22. The van der Waals surface area contributed by atoms with Crippen LogP contribution in [0.1, 0.15) is 32.9 Å². The third-order valence-electron chi connectivity index (χ3n) is 2.88. The van der Waals surface area contributed by atoms with Gasteiger partial charge in [-0.05, 0) is 26.0 Å². The Morgan fingerprint density at radius 1 is 1.26 bits per heavy atom. The summed E-state index contributed by atoms with van der Waals surface area (Å²) < 4.78 is 0. The van der Waals surface area contributed by atoms with E-state index >= 15 is 0 Å². The summed E-state index contributed by atoms with van der Waals surface area (Å²) in [6, 6.07) is 8.32. The van der Waals surface area contributed by atoms with Gasteiger partial charge in [0.1, 0.15) is 0 Å². The Bertz CT molecular complexity index is 572. The van der Waals surface area contributed by atoms with Gasteiger partial charge in [0.05, 0.1) is 15.6 Å². The quantitative estimate of drug-likeness (QED) is 0.847. The molecule has 1 heterocycles. The highest BCUT2D eigenvalue weighted by molar-refractivity contribution is 7.13. The average Bonchev–Trinajstić information content (AvgIpc) is 2.73. The van der Waals surface area contributed by atoms with Crippen LogP contribution in [0.2, 0.25) is 0 Å². The number of hydrogen-bond acceptors (Lipinski definition) is 4. The van der Waals surface area contributed by atoms with Crippen LogP contribution in [0.3, 0.4) is 0 Å². The molecular formula is C15H18N2OS. The van der Waals surface area contributed by atoms with E-state index in [0.717, 1.165) is 34.2 Å². The predicted octanol–water partition coefficient (Wildman–Crippen LogP) is 3.62. The second-order valence-corrected chi connectivity index (χ2v) is 5.70. The fraction of sp³-hybridized carbons (Fsp3) is 0.333. The molecule has 0 fully saturated rings. The Morgan fingerprint density at radius 2 is 1.95 bits per heavy atom. The largest absolute Gasteiger partial charge is 0.385 e. The number of ketones is 1. The van der Waals surface area contributed by atoms with Crippen molar-refractivity contribution in [2.24, 2.45) is 0 Å². The lowest BCUT2D eigenvalue weighted by Crippen LogP contribution is -2.04. The summed E-state index contributed by atoms with van der Waals surface area (Å²) in [7, 11) is 0. The van der Waals surface area contributed by atoms with E-state index in [4.69, 9.17) is 0 Å². The van der Waals surface area contributed by atoms with Gasteiger partial charge in [-0.2, -0.15) is 0 Å². The number of anilines is 1. The molecule has 2 rings (SSSR count). The SMILES string of the molecule is CC(=O)c1sc(CCNc2ccc(C)cc2)nc1C. The van der Waals surface area contributed by atoms with Crippen LogP contribution >= 0.6 is 11.3 Å². The highest BCUT2D eigenvalue weighted by atomic mass is 32.1. The van der Waals surface area contributed by atoms with Crippen molar-refractivity contribution in [3.05, 3.63) is 45.4 Å². The van der Waals surface area contributed by atoms with Crippen molar-refractivity contribution in [2.75, 3.05) is 11.9 Å². The number of carbonyl (C=O) groups excluding carboxylic acids is 1. The molecule has 1 aromatic carbocycles. The smallest absolute Gasteiger partial charge is 0.171 e. The van der Waals surface area contributed by atoms with Crippen molar-refractivity contribution in [2.45, 2.75) is 27.2 Å². The highest BCUT2D eigenvalue weighted by Gasteiger charge is 2.10. The van der Waals surface area contributed by atoms with Crippen LogP contribution in [-0.4, -0.2) is 17.3 Å². The van der Waals surface area contributed by atoms with Crippen molar-refractivity contribution in [3.63, 3.8) is 0 Å². The zero-order valence-electron chi connectivity index (χ0n) is 11.5.